The monoisotopic (exact) mass is 356 g/mol. The highest BCUT2D eigenvalue weighted by atomic mass is 79.9. The molecule has 1 amide bonds. The van der Waals surface area contributed by atoms with E-state index in [1.807, 2.05) is 18.7 Å². The SMILES string of the molecule is CC(C)n1ncc(NCCC(=O)N2CCCC2)c(Br)c1=O. The van der Waals surface area contributed by atoms with Gasteiger partial charge in [0.2, 0.25) is 5.91 Å². The molecule has 1 N–H and O–H groups in total. The summed E-state index contributed by atoms with van der Waals surface area (Å²) in [6.07, 6.45) is 4.25. The average Bonchev–Trinajstić information content (AvgIpc) is 2.97. The summed E-state index contributed by atoms with van der Waals surface area (Å²) in [6.45, 7) is 6.05. The van der Waals surface area contributed by atoms with E-state index in [2.05, 4.69) is 26.3 Å². The summed E-state index contributed by atoms with van der Waals surface area (Å²) in [5, 5.41) is 7.23. The summed E-state index contributed by atoms with van der Waals surface area (Å²) >= 11 is 3.30. The molecule has 0 bridgehead atoms. The molecule has 0 spiro atoms. The number of hydrogen-bond donors (Lipinski definition) is 1. The molecular formula is C14H21BrN4O2. The van der Waals surface area contributed by atoms with Gasteiger partial charge in [-0.05, 0) is 42.6 Å². The van der Waals surface area contributed by atoms with Crippen LogP contribution in [0.1, 0.15) is 39.2 Å². The number of aromatic nitrogens is 2. The van der Waals surface area contributed by atoms with E-state index in [0.29, 0.717) is 23.1 Å². The third-order valence-electron chi connectivity index (χ3n) is 3.55. The van der Waals surface area contributed by atoms with Crippen LogP contribution in [0.5, 0.6) is 0 Å². The molecule has 6 nitrogen and oxygen atoms in total. The Morgan fingerprint density at radius 1 is 1.43 bits per heavy atom. The first kappa shape index (κ1) is 16.0. The van der Waals surface area contributed by atoms with Gasteiger partial charge in [0.05, 0.1) is 17.9 Å². The number of carbonyl (C=O) groups is 1. The zero-order valence-corrected chi connectivity index (χ0v) is 14.0. The van der Waals surface area contributed by atoms with Crippen LogP contribution in [-0.4, -0.2) is 40.2 Å². The smallest absolute Gasteiger partial charge is 0.283 e. The molecule has 1 aliphatic rings. The maximum absolute atomic E-state index is 12.1. The zero-order valence-electron chi connectivity index (χ0n) is 12.4. The Hall–Kier alpha value is -1.37. The predicted molar refractivity (Wildman–Crippen MR) is 85.5 cm³/mol. The number of nitrogens with one attached hydrogen (secondary N) is 1. The quantitative estimate of drug-likeness (QED) is 0.876. The largest absolute Gasteiger partial charge is 0.382 e. The van der Waals surface area contributed by atoms with Crippen molar-refractivity contribution >= 4 is 27.5 Å². The Bertz CT molecular complexity index is 565. The molecular weight excluding hydrogens is 336 g/mol. The van der Waals surface area contributed by atoms with E-state index < -0.39 is 0 Å². The number of carbonyl (C=O) groups excluding carboxylic acids is 1. The number of likely N-dealkylation sites (tertiary alicyclic amines) is 1. The van der Waals surface area contributed by atoms with E-state index in [-0.39, 0.29) is 17.5 Å². The third kappa shape index (κ3) is 3.84. The fourth-order valence-corrected chi connectivity index (χ4v) is 2.79. The van der Waals surface area contributed by atoms with Gasteiger partial charge in [-0.3, -0.25) is 9.59 Å². The minimum Gasteiger partial charge on any atom is -0.382 e. The molecule has 1 aliphatic heterocycles. The number of halogens is 1. The second-order valence-corrected chi connectivity index (χ2v) is 6.27. The Kier molecular flexibility index (Phi) is 5.39. The van der Waals surface area contributed by atoms with Gasteiger partial charge in [0.1, 0.15) is 4.47 Å². The van der Waals surface area contributed by atoms with Gasteiger partial charge in [-0.15, -0.1) is 0 Å². The summed E-state index contributed by atoms with van der Waals surface area (Å²) < 4.78 is 1.88. The van der Waals surface area contributed by atoms with Gasteiger partial charge >= 0.3 is 0 Å². The fourth-order valence-electron chi connectivity index (χ4n) is 2.36. The molecule has 0 aliphatic carbocycles. The lowest BCUT2D eigenvalue weighted by Crippen LogP contribution is -2.29. The number of amides is 1. The van der Waals surface area contributed by atoms with Gasteiger partial charge < -0.3 is 10.2 Å². The molecule has 0 radical (unpaired) electrons. The van der Waals surface area contributed by atoms with Crippen LogP contribution < -0.4 is 10.9 Å². The van der Waals surface area contributed by atoms with Crippen LogP contribution in [-0.2, 0) is 4.79 Å². The maximum atomic E-state index is 12.1. The minimum absolute atomic E-state index is 0.0135. The molecule has 21 heavy (non-hydrogen) atoms. The third-order valence-corrected chi connectivity index (χ3v) is 4.31. The number of hydrogen-bond acceptors (Lipinski definition) is 4. The van der Waals surface area contributed by atoms with Crippen molar-refractivity contribution in [1.82, 2.24) is 14.7 Å². The molecule has 1 saturated heterocycles. The summed E-state index contributed by atoms with van der Waals surface area (Å²) in [7, 11) is 0. The Labute approximate surface area is 132 Å². The van der Waals surface area contributed by atoms with Crippen molar-refractivity contribution in [2.45, 2.75) is 39.2 Å². The van der Waals surface area contributed by atoms with Gasteiger partial charge in [-0.2, -0.15) is 5.10 Å². The van der Waals surface area contributed by atoms with Gasteiger partial charge in [0, 0.05) is 26.1 Å². The lowest BCUT2D eigenvalue weighted by Gasteiger charge is -2.16. The highest BCUT2D eigenvalue weighted by Crippen LogP contribution is 2.17. The van der Waals surface area contributed by atoms with Crippen LogP contribution in [0.15, 0.2) is 15.5 Å². The van der Waals surface area contributed by atoms with Crippen LogP contribution in [0.3, 0.4) is 0 Å². The first-order chi connectivity index (χ1) is 10.0. The van der Waals surface area contributed by atoms with Crippen molar-refractivity contribution in [2.24, 2.45) is 0 Å². The molecule has 1 fully saturated rings. The lowest BCUT2D eigenvalue weighted by molar-refractivity contribution is -0.129. The van der Waals surface area contributed by atoms with E-state index in [4.69, 9.17) is 0 Å². The average molecular weight is 357 g/mol. The van der Waals surface area contributed by atoms with Crippen LogP contribution in [0.4, 0.5) is 5.69 Å². The number of rotatable bonds is 5. The van der Waals surface area contributed by atoms with Gasteiger partial charge in [0.15, 0.2) is 0 Å². The van der Waals surface area contributed by atoms with Crippen LogP contribution in [0.25, 0.3) is 0 Å². The first-order valence-corrected chi connectivity index (χ1v) is 8.09. The Balaban J connectivity index is 1.93. The Morgan fingerprint density at radius 2 is 2.10 bits per heavy atom. The summed E-state index contributed by atoms with van der Waals surface area (Å²) in [6, 6.07) is 0.0135. The predicted octanol–water partition coefficient (Wildman–Crippen LogP) is 2.01. The molecule has 7 heteroatoms. The molecule has 0 aromatic carbocycles. The molecule has 116 valence electrons. The van der Waals surface area contributed by atoms with Gasteiger partial charge in [-0.25, -0.2) is 4.68 Å². The second-order valence-electron chi connectivity index (χ2n) is 5.48. The van der Waals surface area contributed by atoms with E-state index >= 15 is 0 Å². The standard InChI is InChI=1S/C14H21BrN4O2/c1-10(2)19-14(21)13(15)11(9-17-19)16-6-5-12(20)18-7-3-4-8-18/h9-10,16H,3-8H2,1-2H3. The summed E-state index contributed by atoms with van der Waals surface area (Å²) in [5.74, 6) is 0.166. The first-order valence-electron chi connectivity index (χ1n) is 7.29. The van der Waals surface area contributed by atoms with Crippen molar-refractivity contribution < 1.29 is 4.79 Å². The van der Waals surface area contributed by atoms with Crippen LogP contribution in [0, 0.1) is 0 Å². The van der Waals surface area contributed by atoms with E-state index in [1.54, 1.807) is 6.20 Å². The van der Waals surface area contributed by atoms with Crippen LogP contribution >= 0.6 is 15.9 Å². The summed E-state index contributed by atoms with van der Waals surface area (Å²) in [5.41, 5.74) is 0.465. The fraction of sp³-hybridized carbons (Fsp3) is 0.643. The van der Waals surface area contributed by atoms with Crippen LogP contribution in [0.2, 0.25) is 0 Å². The molecule has 0 unspecified atom stereocenters. The second kappa shape index (κ2) is 7.06. The van der Waals surface area contributed by atoms with E-state index in [0.717, 1.165) is 25.9 Å². The molecule has 2 rings (SSSR count). The number of anilines is 1. The van der Waals surface area contributed by atoms with Gasteiger partial charge in [-0.1, -0.05) is 0 Å². The van der Waals surface area contributed by atoms with Crippen molar-refractivity contribution in [3.05, 3.63) is 21.0 Å². The normalized spacial score (nSPS) is 14.8. The topological polar surface area (TPSA) is 67.2 Å². The minimum atomic E-state index is -0.166. The molecule has 0 saturated carbocycles. The lowest BCUT2D eigenvalue weighted by atomic mass is 10.3. The molecule has 1 aromatic heterocycles. The van der Waals surface area contributed by atoms with Crippen molar-refractivity contribution in [3.8, 4) is 0 Å². The zero-order chi connectivity index (χ0) is 15.4. The van der Waals surface area contributed by atoms with Crippen molar-refractivity contribution in [1.29, 1.82) is 0 Å². The van der Waals surface area contributed by atoms with E-state index in [1.165, 1.54) is 4.68 Å². The highest BCUT2D eigenvalue weighted by Gasteiger charge is 2.17. The maximum Gasteiger partial charge on any atom is 0.283 e. The summed E-state index contributed by atoms with van der Waals surface area (Å²) in [4.78, 5) is 25.9. The Morgan fingerprint density at radius 3 is 2.71 bits per heavy atom. The van der Waals surface area contributed by atoms with Crippen molar-refractivity contribution in [3.63, 3.8) is 0 Å². The molecule has 2 heterocycles. The highest BCUT2D eigenvalue weighted by molar-refractivity contribution is 9.10. The number of nitrogens with zero attached hydrogens (tertiary/aromatic N) is 3. The molecule has 0 atom stereocenters. The van der Waals surface area contributed by atoms with Crippen molar-refractivity contribution in [2.75, 3.05) is 25.0 Å². The van der Waals surface area contributed by atoms with Gasteiger partial charge in [0.25, 0.3) is 5.56 Å². The van der Waals surface area contributed by atoms with E-state index in [9.17, 15) is 9.59 Å². The molecule has 1 aromatic rings.